The summed E-state index contributed by atoms with van der Waals surface area (Å²) in [5.74, 6) is -0.964. The van der Waals surface area contributed by atoms with Gasteiger partial charge >= 0.3 is 12.0 Å². The predicted molar refractivity (Wildman–Crippen MR) is 86.4 cm³/mol. The molecule has 7 heteroatoms. The number of piperidine rings is 1. The van der Waals surface area contributed by atoms with Crippen molar-refractivity contribution in [1.82, 2.24) is 4.90 Å². The number of rotatable bonds is 4. The Balaban J connectivity index is 1.79. The van der Waals surface area contributed by atoms with E-state index in [0.717, 1.165) is 9.26 Å². The number of benzene rings is 1. The molecule has 1 aliphatic rings. The largest absolute Gasteiger partial charge is 0.480 e. The Labute approximate surface area is 136 Å². The number of nitrogens with zero attached hydrogens (tertiary/aromatic N) is 1. The number of carbonyl (C=O) groups is 2. The third kappa shape index (κ3) is 5.16. The number of carbonyl (C=O) groups excluding carboxylic acids is 1. The van der Waals surface area contributed by atoms with Crippen molar-refractivity contribution in [3.63, 3.8) is 0 Å². The zero-order valence-corrected chi connectivity index (χ0v) is 13.6. The number of nitrogens with one attached hydrogen (secondary N) is 1. The number of carboxylic acid groups (broad SMARTS) is 1. The first-order chi connectivity index (χ1) is 10.0. The van der Waals surface area contributed by atoms with Crippen LogP contribution in [0.3, 0.4) is 0 Å². The van der Waals surface area contributed by atoms with Crippen molar-refractivity contribution in [2.24, 2.45) is 0 Å². The van der Waals surface area contributed by atoms with Gasteiger partial charge in [-0.3, -0.25) is 0 Å². The number of halogens is 1. The smallest absolute Gasteiger partial charge is 0.329 e. The minimum absolute atomic E-state index is 0.0807. The maximum absolute atomic E-state index is 12.1. The van der Waals surface area contributed by atoms with Crippen molar-refractivity contribution >= 4 is 40.3 Å². The van der Waals surface area contributed by atoms with E-state index in [-0.39, 0.29) is 18.7 Å². The van der Waals surface area contributed by atoms with Gasteiger partial charge in [-0.15, -0.1) is 0 Å². The highest BCUT2D eigenvalue weighted by Gasteiger charge is 2.23. The third-order valence-corrected chi connectivity index (χ3v) is 3.92. The SMILES string of the molecule is O=C(O)COC1CCN(C(=O)Nc2cccc(I)c2)CC1. The molecule has 2 N–H and O–H groups in total. The van der Waals surface area contributed by atoms with Gasteiger partial charge < -0.3 is 20.1 Å². The maximum Gasteiger partial charge on any atom is 0.329 e. The van der Waals surface area contributed by atoms with Gasteiger partial charge in [0.05, 0.1) is 6.10 Å². The van der Waals surface area contributed by atoms with Crippen molar-refractivity contribution in [3.8, 4) is 0 Å². The van der Waals surface area contributed by atoms with Crippen LogP contribution in [0.1, 0.15) is 12.8 Å². The molecule has 21 heavy (non-hydrogen) atoms. The molecule has 1 aromatic rings. The summed E-state index contributed by atoms with van der Waals surface area (Å²) < 4.78 is 6.31. The molecule has 1 fully saturated rings. The van der Waals surface area contributed by atoms with Crippen molar-refractivity contribution in [3.05, 3.63) is 27.8 Å². The van der Waals surface area contributed by atoms with Crippen LogP contribution in [0.25, 0.3) is 0 Å². The second-order valence-electron chi connectivity index (χ2n) is 4.83. The molecule has 2 rings (SSSR count). The molecule has 114 valence electrons. The van der Waals surface area contributed by atoms with Gasteiger partial charge in [0, 0.05) is 22.3 Å². The zero-order chi connectivity index (χ0) is 15.2. The standard InChI is InChI=1S/C14H17IN2O4/c15-10-2-1-3-11(8-10)16-14(20)17-6-4-12(5-7-17)21-9-13(18)19/h1-3,8,12H,4-7,9H2,(H,16,20)(H,18,19). The Kier molecular flexibility index (Phi) is 5.80. The Morgan fingerprint density at radius 2 is 2.10 bits per heavy atom. The summed E-state index contributed by atoms with van der Waals surface area (Å²) in [7, 11) is 0. The number of hydrogen-bond acceptors (Lipinski definition) is 3. The Morgan fingerprint density at radius 3 is 2.71 bits per heavy atom. The molecule has 0 saturated carbocycles. The number of ether oxygens (including phenoxy) is 1. The van der Waals surface area contributed by atoms with Gasteiger partial charge in [-0.2, -0.15) is 0 Å². The zero-order valence-electron chi connectivity index (χ0n) is 11.4. The van der Waals surface area contributed by atoms with E-state index in [9.17, 15) is 9.59 Å². The van der Waals surface area contributed by atoms with Crippen LogP contribution in [0.5, 0.6) is 0 Å². The second kappa shape index (κ2) is 7.60. The molecule has 0 aromatic heterocycles. The summed E-state index contributed by atoms with van der Waals surface area (Å²) in [4.78, 5) is 24.3. The minimum Gasteiger partial charge on any atom is -0.480 e. The quantitative estimate of drug-likeness (QED) is 0.756. The van der Waals surface area contributed by atoms with Gasteiger partial charge in [0.25, 0.3) is 0 Å². The molecule has 0 bridgehead atoms. The molecule has 1 aromatic carbocycles. The Hall–Kier alpha value is -1.35. The number of likely N-dealkylation sites (tertiary alicyclic amines) is 1. The van der Waals surface area contributed by atoms with E-state index in [4.69, 9.17) is 9.84 Å². The van der Waals surface area contributed by atoms with Crippen LogP contribution in [0.4, 0.5) is 10.5 Å². The molecule has 0 atom stereocenters. The highest BCUT2D eigenvalue weighted by Crippen LogP contribution is 2.17. The average Bonchev–Trinajstić information content (AvgIpc) is 2.45. The highest BCUT2D eigenvalue weighted by atomic mass is 127. The van der Waals surface area contributed by atoms with E-state index in [2.05, 4.69) is 27.9 Å². The lowest BCUT2D eigenvalue weighted by atomic mass is 10.1. The fraction of sp³-hybridized carbons (Fsp3) is 0.429. The van der Waals surface area contributed by atoms with Gasteiger partial charge in [0.1, 0.15) is 6.61 Å². The van der Waals surface area contributed by atoms with Gasteiger partial charge in [-0.1, -0.05) is 6.07 Å². The van der Waals surface area contributed by atoms with Crippen molar-refractivity contribution < 1.29 is 19.4 Å². The first kappa shape index (κ1) is 16.0. The molecule has 0 unspecified atom stereocenters. The first-order valence-electron chi connectivity index (χ1n) is 6.69. The normalized spacial score (nSPS) is 15.8. The molecule has 0 radical (unpaired) electrons. The van der Waals surface area contributed by atoms with Crippen LogP contribution >= 0.6 is 22.6 Å². The molecule has 1 aliphatic heterocycles. The van der Waals surface area contributed by atoms with Crippen LogP contribution in [-0.2, 0) is 9.53 Å². The van der Waals surface area contributed by atoms with Crippen LogP contribution in [0.2, 0.25) is 0 Å². The molecule has 0 spiro atoms. The van der Waals surface area contributed by atoms with Crippen molar-refractivity contribution in [2.75, 3.05) is 25.0 Å². The maximum atomic E-state index is 12.1. The summed E-state index contributed by atoms with van der Waals surface area (Å²) in [5.41, 5.74) is 0.774. The Morgan fingerprint density at radius 1 is 1.38 bits per heavy atom. The van der Waals surface area contributed by atoms with E-state index in [1.807, 2.05) is 24.3 Å². The fourth-order valence-electron chi connectivity index (χ4n) is 2.18. The van der Waals surface area contributed by atoms with Crippen LogP contribution in [0.15, 0.2) is 24.3 Å². The number of hydrogen-bond donors (Lipinski definition) is 2. The van der Waals surface area contributed by atoms with Crippen molar-refractivity contribution in [1.29, 1.82) is 0 Å². The lowest BCUT2D eigenvalue weighted by Gasteiger charge is -2.31. The minimum atomic E-state index is -0.964. The second-order valence-corrected chi connectivity index (χ2v) is 6.08. The average molecular weight is 404 g/mol. The van der Waals surface area contributed by atoms with Gasteiger partial charge in [-0.25, -0.2) is 9.59 Å². The number of amides is 2. The summed E-state index contributed by atoms with van der Waals surface area (Å²) in [5, 5.41) is 11.4. The highest BCUT2D eigenvalue weighted by molar-refractivity contribution is 14.1. The number of urea groups is 1. The monoisotopic (exact) mass is 404 g/mol. The molecular weight excluding hydrogens is 387 g/mol. The molecule has 1 heterocycles. The lowest BCUT2D eigenvalue weighted by Crippen LogP contribution is -2.43. The summed E-state index contributed by atoms with van der Waals surface area (Å²) >= 11 is 2.19. The molecular formula is C14H17IN2O4. The van der Waals surface area contributed by atoms with Crippen LogP contribution in [-0.4, -0.2) is 47.8 Å². The third-order valence-electron chi connectivity index (χ3n) is 3.25. The number of carboxylic acids is 1. The van der Waals surface area contributed by atoms with E-state index in [1.54, 1.807) is 4.90 Å². The van der Waals surface area contributed by atoms with Gasteiger partial charge in [0.15, 0.2) is 0 Å². The van der Waals surface area contributed by atoms with Gasteiger partial charge in [0.2, 0.25) is 0 Å². The van der Waals surface area contributed by atoms with E-state index >= 15 is 0 Å². The molecule has 1 saturated heterocycles. The first-order valence-corrected chi connectivity index (χ1v) is 7.77. The summed E-state index contributed by atoms with van der Waals surface area (Å²) in [6.07, 6.45) is 1.24. The van der Waals surface area contributed by atoms with Crippen LogP contribution in [0, 0.1) is 3.57 Å². The van der Waals surface area contributed by atoms with E-state index in [0.29, 0.717) is 25.9 Å². The van der Waals surface area contributed by atoms with E-state index < -0.39 is 5.97 Å². The van der Waals surface area contributed by atoms with Gasteiger partial charge in [-0.05, 0) is 53.6 Å². The lowest BCUT2D eigenvalue weighted by molar-refractivity contribution is -0.145. The molecule has 2 amide bonds. The predicted octanol–water partition coefficient (Wildman–Crippen LogP) is 2.39. The van der Waals surface area contributed by atoms with Crippen molar-refractivity contribution in [2.45, 2.75) is 18.9 Å². The summed E-state index contributed by atoms with van der Waals surface area (Å²) in [6.45, 7) is 0.861. The molecule has 6 nitrogen and oxygen atoms in total. The molecule has 0 aliphatic carbocycles. The van der Waals surface area contributed by atoms with E-state index in [1.165, 1.54) is 0 Å². The topological polar surface area (TPSA) is 78.9 Å². The summed E-state index contributed by atoms with van der Waals surface area (Å²) in [6, 6.07) is 7.48. The number of anilines is 1. The number of aliphatic carboxylic acids is 1. The fourth-order valence-corrected chi connectivity index (χ4v) is 2.73. The van der Waals surface area contributed by atoms with Crippen LogP contribution < -0.4 is 5.32 Å². The Bertz CT molecular complexity index is 515.